The van der Waals surface area contributed by atoms with Gasteiger partial charge in [-0.3, -0.25) is 4.79 Å². The van der Waals surface area contributed by atoms with Gasteiger partial charge in [0.15, 0.2) is 0 Å². The highest BCUT2D eigenvalue weighted by molar-refractivity contribution is 5.70. The van der Waals surface area contributed by atoms with Gasteiger partial charge < -0.3 is 28.4 Å². The van der Waals surface area contributed by atoms with Gasteiger partial charge in [0.1, 0.15) is 23.4 Å². The van der Waals surface area contributed by atoms with Crippen molar-refractivity contribution in [2.24, 2.45) is 17.8 Å². The van der Waals surface area contributed by atoms with Crippen molar-refractivity contribution in [3.8, 4) is 0 Å². The molecule has 0 N–H and O–H groups in total. The molecule has 0 radical (unpaired) electrons. The average Bonchev–Trinajstić information content (AvgIpc) is 3.66. The molecule has 1 aromatic rings. The monoisotopic (exact) mass is 543 g/mol. The van der Waals surface area contributed by atoms with Crippen LogP contribution in [0.5, 0.6) is 0 Å². The molecule has 0 aromatic carbocycles. The molecule has 4 fully saturated rings. The number of methoxy groups -OCH3 is 1. The van der Waals surface area contributed by atoms with Crippen molar-refractivity contribution in [2.75, 3.05) is 33.9 Å². The zero-order valence-electron chi connectivity index (χ0n) is 25.0. The molecule has 1 aromatic heterocycles. The molecular formula is C31H49N3O5. The predicted octanol–water partition coefficient (Wildman–Crippen LogP) is 4.58. The van der Waals surface area contributed by atoms with Crippen LogP contribution in [0.1, 0.15) is 78.3 Å². The van der Waals surface area contributed by atoms with Crippen molar-refractivity contribution in [3.63, 3.8) is 0 Å². The molecule has 8 atom stereocenters. The summed E-state index contributed by atoms with van der Waals surface area (Å²) in [6.07, 6.45) is 9.89. The maximum Gasteiger partial charge on any atom is 0.306 e. The van der Waals surface area contributed by atoms with Crippen LogP contribution >= 0.6 is 0 Å². The molecule has 4 aliphatic rings. The van der Waals surface area contributed by atoms with Crippen LogP contribution in [0, 0.1) is 17.8 Å². The zero-order valence-corrected chi connectivity index (χ0v) is 25.0. The fraction of sp³-hybridized carbons (Fsp3) is 0.806. The van der Waals surface area contributed by atoms with E-state index in [1.807, 2.05) is 6.33 Å². The van der Waals surface area contributed by atoms with Gasteiger partial charge >= 0.3 is 5.97 Å². The summed E-state index contributed by atoms with van der Waals surface area (Å²) in [5, 5.41) is 0. The normalized spacial score (nSPS) is 36.8. The van der Waals surface area contributed by atoms with Crippen LogP contribution in [-0.2, 0) is 30.3 Å². The standard InChI is InChI=1S/C31H49N3O5/c1-20(2)8-9-26-30(5,39-26)29-28(36-7)25(10-12-31(29)18-37-31)38-27(35)14-23(21(3)4)24-17-34(19-32-24)16-22-11-13-33(6)15-22/h8,17,19,21-23,25-26,28-29H,9-16,18H2,1-7H3/t22-,23+,25-,26-,28-,29-,30+,31+/m1/s1. The molecule has 4 heterocycles. The summed E-state index contributed by atoms with van der Waals surface area (Å²) in [4.78, 5) is 20.5. The Morgan fingerprint density at radius 1 is 1.31 bits per heavy atom. The SMILES string of the molecule is CO[C@@H]1[C@H](OC(=O)C[C@H](c2cn(C[C@@H]3CCN(C)C3)cn2)C(C)C)CC[C@]2(CO2)[C@H]1[C@@]1(C)O[C@@H]1CC=C(C)C. The van der Waals surface area contributed by atoms with E-state index in [0.717, 1.165) is 51.2 Å². The molecule has 0 unspecified atom stereocenters. The van der Waals surface area contributed by atoms with E-state index in [9.17, 15) is 4.79 Å². The molecule has 1 aliphatic carbocycles. The minimum Gasteiger partial charge on any atom is -0.460 e. The first-order chi connectivity index (χ1) is 18.5. The fourth-order valence-corrected chi connectivity index (χ4v) is 7.29. The number of allylic oxidation sites excluding steroid dienone is 1. The molecule has 8 nitrogen and oxygen atoms in total. The summed E-state index contributed by atoms with van der Waals surface area (Å²) in [6.45, 7) is 14.7. The van der Waals surface area contributed by atoms with Gasteiger partial charge in [0.25, 0.3) is 0 Å². The maximum atomic E-state index is 13.4. The van der Waals surface area contributed by atoms with Crippen LogP contribution in [0.3, 0.4) is 0 Å². The number of carbonyl (C=O) groups is 1. The van der Waals surface area contributed by atoms with E-state index in [-0.39, 0.29) is 53.2 Å². The van der Waals surface area contributed by atoms with E-state index >= 15 is 0 Å². The lowest BCUT2D eigenvalue weighted by Gasteiger charge is -2.42. The molecular weight excluding hydrogens is 494 g/mol. The number of imidazole rings is 1. The number of hydrogen-bond donors (Lipinski definition) is 0. The molecule has 3 saturated heterocycles. The van der Waals surface area contributed by atoms with E-state index in [1.165, 1.54) is 12.0 Å². The predicted molar refractivity (Wildman–Crippen MR) is 149 cm³/mol. The van der Waals surface area contributed by atoms with Crippen molar-refractivity contribution < 1.29 is 23.7 Å². The maximum absolute atomic E-state index is 13.4. The summed E-state index contributed by atoms with van der Waals surface area (Å²) in [6, 6.07) is 0. The van der Waals surface area contributed by atoms with Gasteiger partial charge in [-0.25, -0.2) is 4.98 Å². The highest BCUT2D eigenvalue weighted by Gasteiger charge is 2.72. The highest BCUT2D eigenvalue weighted by atomic mass is 16.6. The van der Waals surface area contributed by atoms with Gasteiger partial charge in [0.2, 0.25) is 0 Å². The van der Waals surface area contributed by atoms with Crippen LogP contribution in [0.4, 0.5) is 0 Å². The Morgan fingerprint density at radius 3 is 2.69 bits per heavy atom. The Balaban J connectivity index is 1.23. The number of epoxide rings is 2. The third-order valence-electron chi connectivity index (χ3n) is 9.70. The van der Waals surface area contributed by atoms with Gasteiger partial charge in [-0.2, -0.15) is 0 Å². The molecule has 5 rings (SSSR count). The third kappa shape index (κ3) is 6.14. The Labute approximate surface area is 234 Å². The van der Waals surface area contributed by atoms with Gasteiger partial charge in [0, 0.05) is 32.3 Å². The van der Waals surface area contributed by atoms with Gasteiger partial charge in [-0.1, -0.05) is 25.5 Å². The first-order valence-electron chi connectivity index (χ1n) is 14.9. The topological polar surface area (TPSA) is 81.7 Å². The lowest BCUT2D eigenvalue weighted by atomic mass is 9.68. The molecule has 0 bridgehead atoms. The molecule has 0 amide bonds. The quantitative estimate of drug-likeness (QED) is 0.229. The Kier molecular flexibility index (Phi) is 8.31. The second kappa shape index (κ2) is 11.3. The minimum absolute atomic E-state index is 0.0150. The Morgan fingerprint density at radius 2 is 2.08 bits per heavy atom. The zero-order chi connectivity index (χ0) is 27.9. The largest absolute Gasteiger partial charge is 0.460 e. The van der Waals surface area contributed by atoms with E-state index < -0.39 is 0 Å². The van der Waals surface area contributed by atoms with Gasteiger partial charge in [-0.15, -0.1) is 0 Å². The molecule has 3 aliphatic heterocycles. The highest BCUT2D eigenvalue weighted by Crippen LogP contribution is 2.59. The Bertz CT molecular complexity index is 1040. The van der Waals surface area contributed by atoms with Crippen molar-refractivity contribution in [1.29, 1.82) is 0 Å². The summed E-state index contributed by atoms with van der Waals surface area (Å²) in [5.41, 5.74) is 1.71. The average molecular weight is 544 g/mol. The number of likely N-dealkylation sites (tertiary alicyclic amines) is 1. The molecule has 8 heteroatoms. The van der Waals surface area contributed by atoms with Crippen LogP contribution in [0.25, 0.3) is 0 Å². The van der Waals surface area contributed by atoms with Gasteiger partial charge in [0.05, 0.1) is 37.1 Å². The van der Waals surface area contributed by atoms with E-state index in [4.69, 9.17) is 23.9 Å². The number of nitrogens with zero attached hydrogens (tertiary/aromatic N) is 3. The number of hydrogen-bond acceptors (Lipinski definition) is 7. The van der Waals surface area contributed by atoms with Crippen LogP contribution in [-0.4, -0.2) is 83.8 Å². The van der Waals surface area contributed by atoms with Crippen LogP contribution in [0.2, 0.25) is 0 Å². The van der Waals surface area contributed by atoms with Crippen molar-refractivity contribution >= 4 is 5.97 Å². The van der Waals surface area contributed by atoms with E-state index in [0.29, 0.717) is 12.3 Å². The second-order valence-electron chi connectivity index (χ2n) is 13.4. The minimum atomic E-state index is -0.338. The van der Waals surface area contributed by atoms with Gasteiger partial charge in [-0.05, 0) is 71.9 Å². The van der Waals surface area contributed by atoms with Crippen LogP contribution < -0.4 is 0 Å². The molecule has 218 valence electrons. The number of esters is 1. The number of aromatic nitrogens is 2. The summed E-state index contributed by atoms with van der Waals surface area (Å²) < 4.78 is 26.8. The fourth-order valence-electron chi connectivity index (χ4n) is 7.29. The smallest absolute Gasteiger partial charge is 0.306 e. The molecule has 1 saturated carbocycles. The van der Waals surface area contributed by atoms with Crippen molar-refractivity contribution in [1.82, 2.24) is 14.5 Å². The lowest BCUT2D eigenvalue weighted by molar-refractivity contribution is -0.172. The molecule has 1 spiro atoms. The Hall–Kier alpha value is -1.74. The van der Waals surface area contributed by atoms with E-state index in [2.05, 4.69) is 63.4 Å². The van der Waals surface area contributed by atoms with Crippen LogP contribution in [0.15, 0.2) is 24.2 Å². The third-order valence-corrected chi connectivity index (χ3v) is 9.70. The summed E-state index contributed by atoms with van der Waals surface area (Å²) >= 11 is 0. The van der Waals surface area contributed by atoms with E-state index in [1.54, 1.807) is 7.11 Å². The number of rotatable bonds is 11. The number of ether oxygens (including phenoxy) is 4. The summed E-state index contributed by atoms with van der Waals surface area (Å²) in [7, 11) is 3.91. The first kappa shape index (κ1) is 28.8. The lowest BCUT2D eigenvalue weighted by Crippen LogP contribution is -2.55. The molecule has 39 heavy (non-hydrogen) atoms. The number of carbonyl (C=O) groups excluding carboxylic acids is 1. The summed E-state index contributed by atoms with van der Waals surface area (Å²) in [5.74, 6) is 0.794. The van der Waals surface area contributed by atoms with Crippen molar-refractivity contribution in [3.05, 3.63) is 29.9 Å². The van der Waals surface area contributed by atoms with Crippen molar-refractivity contribution in [2.45, 2.75) is 109 Å². The second-order valence-corrected chi connectivity index (χ2v) is 13.4. The first-order valence-corrected chi connectivity index (χ1v) is 14.9.